The molecule has 0 aliphatic heterocycles. The van der Waals surface area contributed by atoms with Gasteiger partial charge in [0, 0.05) is 18.4 Å². The maximum atomic E-state index is 11.9. The summed E-state index contributed by atoms with van der Waals surface area (Å²) in [5, 5.41) is 0. The van der Waals surface area contributed by atoms with Crippen LogP contribution in [-0.2, 0) is 20.3 Å². The van der Waals surface area contributed by atoms with Gasteiger partial charge in [-0.05, 0) is 19.1 Å². The van der Waals surface area contributed by atoms with Gasteiger partial charge in [-0.25, -0.2) is 0 Å². The van der Waals surface area contributed by atoms with Crippen LogP contribution in [-0.4, -0.2) is 29.0 Å². The van der Waals surface area contributed by atoms with Gasteiger partial charge in [0.15, 0.2) is 0 Å². The fraction of sp³-hybridized carbons (Fsp3) is 0.462. The number of carbonyl (C=O) groups excluding carboxylic acids is 1. The van der Waals surface area contributed by atoms with Gasteiger partial charge < -0.3 is 4.74 Å². The molecule has 1 aromatic carbocycles. The molecular formula is C13H20O3S. The van der Waals surface area contributed by atoms with Crippen LogP contribution >= 0.6 is 0 Å². The quantitative estimate of drug-likeness (QED) is 0.785. The Hall–Kier alpha value is -1.00. The topological polar surface area (TPSA) is 43.4 Å². The summed E-state index contributed by atoms with van der Waals surface area (Å²) in [7, 11) is 0.430. The number of hydrogen-bond acceptors (Lipinski definition) is 3. The highest BCUT2D eigenvalue weighted by Gasteiger charge is 2.15. The van der Waals surface area contributed by atoms with E-state index in [9.17, 15) is 9.00 Å². The van der Waals surface area contributed by atoms with E-state index in [1.54, 1.807) is 0 Å². The van der Waals surface area contributed by atoms with Crippen molar-refractivity contribution in [1.82, 2.24) is 0 Å². The maximum Gasteiger partial charge on any atom is 0.132 e. The summed E-state index contributed by atoms with van der Waals surface area (Å²) >= 11 is 0. The Morgan fingerprint density at radius 3 is 2.41 bits per heavy atom. The van der Waals surface area contributed by atoms with Crippen LogP contribution in [0.4, 0.5) is 0 Å². The molecule has 96 valence electrons. The van der Waals surface area contributed by atoms with E-state index >= 15 is 0 Å². The average molecular weight is 256 g/mol. The molecular weight excluding hydrogens is 236 g/mol. The van der Waals surface area contributed by atoms with Crippen molar-refractivity contribution in [3.05, 3.63) is 30.3 Å². The fourth-order valence-electron chi connectivity index (χ4n) is 1.37. The van der Waals surface area contributed by atoms with Crippen molar-refractivity contribution in [3.63, 3.8) is 0 Å². The Kier molecular flexibility index (Phi) is 7.66. The standard InChI is InChI=1S/C12H16O3S.CH4/c1-10(13)8-11(15-2)9-16(14)12-6-4-3-5-7-12;/h3-7,11H,8-9H2,1-2H3;1H4. The number of Topliss-reactive ketones (excluding diaryl/α,β-unsaturated/α-hetero) is 1. The molecule has 4 heteroatoms. The van der Waals surface area contributed by atoms with E-state index in [0.717, 1.165) is 4.90 Å². The van der Waals surface area contributed by atoms with Gasteiger partial charge in [0.1, 0.15) is 5.78 Å². The van der Waals surface area contributed by atoms with Gasteiger partial charge in [0.2, 0.25) is 0 Å². The van der Waals surface area contributed by atoms with Gasteiger partial charge in [-0.2, -0.15) is 0 Å². The molecule has 2 unspecified atom stereocenters. The second-order valence-corrected chi connectivity index (χ2v) is 5.08. The Morgan fingerprint density at radius 2 is 1.94 bits per heavy atom. The Morgan fingerprint density at radius 1 is 1.35 bits per heavy atom. The lowest BCUT2D eigenvalue weighted by Crippen LogP contribution is -2.22. The second kappa shape index (κ2) is 8.14. The minimum Gasteiger partial charge on any atom is -0.380 e. The van der Waals surface area contributed by atoms with Crippen LogP contribution in [0.3, 0.4) is 0 Å². The molecule has 0 aliphatic rings. The van der Waals surface area contributed by atoms with Gasteiger partial charge in [-0.15, -0.1) is 0 Å². The molecule has 0 aromatic heterocycles. The predicted molar refractivity (Wildman–Crippen MR) is 70.5 cm³/mol. The van der Waals surface area contributed by atoms with Crippen molar-refractivity contribution in [2.75, 3.05) is 12.9 Å². The molecule has 0 radical (unpaired) electrons. The molecule has 0 spiro atoms. The average Bonchev–Trinajstić information content (AvgIpc) is 2.28. The molecule has 0 saturated carbocycles. The van der Waals surface area contributed by atoms with Gasteiger partial charge in [0.25, 0.3) is 0 Å². The fourth-order valence-corrected chi connectivity index (χ4v) is 2.61. The van der Waals surface area contributed by atoms with E-state index in [1.807, 2.05) is 30.3 Å². The highest BCUT2D eigenvalue weighted by Crippen LogP contribution is 2.09. The number of methoxy groups -OCH3 is 1. The largest absolute Gasteiger partial charge is 0.380 e. The molecule has 0 fully saturated rings. The van der Waals surface area contributed by atoms with Crippen molar-refractivity contribution in [2.45, 2.75) is 31.8 Å². The molecule has 1 rings (SSSR count). The smallest absolute Gasteiger partial charge is 0.132 e. The van der Waals surface area contributed by atoms with E-state index in [4.69, 9.17) is 4.74 Å². The first kappa shape index (κ1) is 16.0. The number of hydrogen-bond donors (Lipinski definition) is 0. The summed E-state index contributed by atoms with van der Waals surface area (Å²) in [4.78, 5) is 11.7. The van der Waals surface area contributed by atoms with Crippen LogP contribution in [0.1, 0.15) is 20.8 Å². The zero-order chi connectivity index (χ0) is 12.0. The van der Waals surface area contributed by atoms with Crippen LogP contribution in [0, 0.1) is 0 Å². The summed E-state index contributed by atoms with van der Waals surface area (Å²) in [5.41, 5.74) is 0. The third-order valence-electron chi connectivity index (χ3n) is 2.19. The number of ether oxygens (including phenoxy) is 1. The zero-order valence-corrected chi connectivity index (χ0v) is 10.3. The molecule has 0 N–H and O–H groups in total. The molecule has 0 heterocycles. The predicted octanol–water partition coefficient (Wildman–Crippen LogP) is 2.42. The normalized spacial score (nSPS) is 13.5. The minimum absolute atomic E-state index is 0. The van der Waals surface area contributed by atoms with Crippen LogP contribution in [0.5, 0.6) is 0 Å². The Bertz CT molecular complexity index is 362. The first-order valence-corrected chi connectivity index (χ1v) is 6.41. The lowest BCUT2D eigenvalue weighted by Gasteiger charge is -2.12. The second-order valence-electron chi connectivity index (χ2n) is 3.59. The SMILES string of the molecule is C.COC(CC(C)=O)CS(=O)c1ccccc1. The van der Waals surface area contributed by atoms with E-state index in [2.05, 4.69) is 0 Å². The summed E-state index contributed by atoms with van der Waals surface area (Å²) in [6.45, 7) is 1.51. The molecule has 0 bridgehead atoms. The van der Waals surface area contributed by atoms with E-state index in [-0.39, 0.29) is 19.3 Å². The summed E-state index contributed by atoms with van der Waals surface area (Å²) < 4.78 is 17.1. The molecule has 0 saturated heterocycles. The van der Waals surface area contributed by atoms with Crippen molar-refractivity contribution in [3.8, 4) is 0 Å². The lowest BCUT2D eigenvalue weighted by molar-refractivity contribution is -0.119. The first-order chi connectivity index (χ1) is 7.63. The molecule has 3 nitrogen and oxygen atoms in total. The highest BCUT2D eigenvalue weighted by molar-refractivity contribution is 7.85. The summed E-state index contributed by atoms with van der Waals surface area (Å²) in [6.07, 6.45) is 0.0493. The third-order valence-corrected chi connectivity index (χ3v) is 3.66. The summed E-state index contributed by atoms with van der Waals surface area (Å²) in [6, 6.07) is 9.21. The van der Waals surface area contributed by atoms with Gasteiger partial charge >= 0.3 is 0 Å². The van der Waals surface area contributed by atoms with Crippen molar-refractivity contribution < 1.29 is 13.7 Å². The molecule has 17 heavy (non-hydrogen) atoms. The van der Waals surface area contributed by atoms with E-state index in [0.29, 0.717) is 12.2 Å². The van der Waals surface area contributed by atoms with Gasteiger partial charge in [-0.3, -0.25) is 9.00 Å². The minimum atomic E-state index is -1.11. The van der Waals surface area contributed by atoms with Crippen molar-refractivity contribution in [2.24, 2.45) is 0 Å². The van der Waals surface area contributed by atoms with Gasteiger partial charge in [0.05, 0.1) is 22.7 Å². The Labute approximate surface area is 106 Å². The number of rotatable bonds is 6. The Balaban J connectivity index is 0.00000256. The number of benzene rings is 1. The highest BCUT2D eigenvalue weighted by atomic mass is 32.2. The lowest BCUT2D eigenvalue weighted by atomic mass is 10.2. The monoisotopic (exact) mass is 256 g/mol. The molecule has 1 aromatic rings. The van der Waals surface area contributed by atoms with Crippen LogP contribution in [0.25, 0.3) is 0 Å². The van der Waals surface area contributed by atoms with Crippen LogP contribution < -0.4 is 0 Å². The molecule has 2 atom stereocenters. The van der Waals surface area contributed by atoms with Crippen molar-refractivity contribution >= 4 is 16.6 Å². The van der Waals surface area contributed by atoms with Crippen LogP contribution in [0.2, 0.25) is 0 Å². The maximum absolute atomic E-state index is 11.9. The van der Waals surface area contributed by atoms with Crippen molar-refractivity contribution in [1.29, 1.82) is 0 Å². The number of carbonyl (C=O) groups is 1. The van der Waals surface area contributed by atoms with Crippen LogP contribution in [0.15, 0.2) is 35.2 Å². The van der Waals surface area contributed by atoms with E-state index < -0.39 is 10.8 Å². The molecule has 0 amide bonds. The first-order valence-electron chi connectivity index (χ1n) is 5.09. The molecule has 0 aliphatic carbocycles. The zero-order valence-electron chi connectivity index (χ0n) is 9.51. The summed E-state index contributed by atoms with van der Waals surface area (Å²) in [5.74, 6) is 0.414. The third kappa shape index (κ3) is 5.75. The van der Waals surface area contributed by atoms with E-state index in [1.165, 1.54) is 14.0 Å². The number of ketones is 1. The van der Waals surface area contributed by atoms with Gasteiger partial charge in [-0.1, -0.05) is 25.6 Å².